The van der Waals surface area contributed by atoms with Crippen LogP contribution in [0.1, 0.15) is 36.6 Å². The Morgan fingerprint density at radius 1 is 1.04 bits per heavy atom. The van der Waals surface area contributed by atoms with Crippen molar-refractivity contribution in [2.75, 3.05) is 17.7 Å². The van der Waals surface area contributed by atoms with E-state index in [0.717, 1.165) is 16.7 Å². The first-order valence-electron chi connectivity index (χ1n) is 8.40. The van der Waals surface area contributed by atoms with E-state index >= 15 is 0 Å². The summed E-state index contributed by atoms with van der Waals surface area (Å²) in [6.45, 7) is 7.40. The lowest BCUT2D eigenvalue weighted by atomic mass is 10.0. The normalized spacial score (nSPS) is 11.4. The van der Waals surface area contributed by atoms with Gasteiger partial charge in [-0.2, -0.15) is 0 Å². The van der Waals surface area contributed by atoms with Crippen LogP contribution in [0.5, 0.6) is 5.75 Å². The third kappa shape index (κ3) is 4.99. The zero-order valence-electron chi connectivity index (χ0n) is 15.8. The molecule has 0 aliphatic rings. The molecule has 0 spiro atoms. The first-order chi connectivity index (χ1) is 12.3. The number of nitrogens with one attached hydrogen (secondary N) is 3. The number of hydrogen-bond acceptors (Lipinski definition) is 3. The molecular formula is C20H25N3O3. The Balaban J connectivity index is 2.13. The number of benzene rings is 2. The third-order valence-corrected chi connectivity index (χ3v) is 4.02. The Bertz CT molecular complexity index is 818. The molecule has 6 nitrogen and oxygen atoms in total. The number of hydrogen-bond donors (Lipinski definition) is 3. The molecule has 0 aliphatic carbocycles. The van der Waals surface area contributed by atoms with Crippen molar-refractivity contribution in [2.24, 2.45) is 0 Å². The van der Waals surface area contributed by atoms with Gasteiger partial charge in [0.25, 0.3) is 0 Å². The number of amides is 3. The van der Waals surface area contributed by atoms with Crippen molar-refractivity contribution in [3.05, 3.63) is 53.1 Å². The summed E-state index contributed by atoms with van der Waals surface area (Å²) in [6, 6.07) is 10.7. The zero-order valence-corrected chi connectivity index (χ0v) is 15.8. The van der Waals surface area contributed by atoms with E-state index in [1.54, 1.807) is 18.2 Å². The molecule has 0 saturated heterocycles. The summed E-state index contributed by atoms with van der Waals surface area (Å²) < 4.78 is 5.28. The highest BCUT2D eigenvalue weighted by Crippen LogP contribution is 2.28. The molecule has 26 heavy (non-hydrogen) atoms. The quantitative estimate of drug-likeness (QED) is 0.754. The molecule has 0 radical (unpaired) electrons. The van der Waals surface area contributed by atoms with Gasteiger partial charge in [-0.1, -0.05) is 23.8 Å². The van der Waals surface area contributed by atoms with Crippen LogP contribution in [-0.2, 0) is 4.79 Å². The van der Waals surface area contributed by atoms with Crippen LogP contribution in [0.15, 0.2) is 36.4 Å². The lowest BCUT2D eigenvalue weighted by Gasteiger charge is -2.19. The van der Waals surface area contributed by atoms with Gasteiger partial charge in [0.2, 0.25) is 5.91 Å². The van der Waals surface area contributed by atoms with Crippen LogP contribution < -0.4 is 20.7 Å². The summed E-state index contributed by atoms with van der Waals surface area (Å²) in [4.78, 5) is 23.6. The van der Waals surface area contributed by atoms with Gasteiger partial charge in [-0.25, -0.2) is 4.79 Å². The van der Waals surface area contributed by atoms with Crippen molar-refractivity contribution in [3.8, 4) is 5.75 Å². The molecule has 0 bridgehead atoms. The first-order valence-corrected chi connectivity index (χ1v) is 8.40. The molecule has 1 atom stereocenters. The van der Waals surface area contributed by atoms with Crippen LogP contribution >= 0.6 is 0 Å². The van der Waals surface area contributed by atoms with E-state index in [1.807, 2.05) is 32.9 Å². The highest BCUT2D eigenvalue weighted by atomic mass is 16.5. The van der Waals surface area contributed by atoms with Gasteiger partial charge >= 0.3 is 6.03 Å². The second-order valence-corrected chi connectivity index (χ2v) is 6.28. The number of urea groups is 1. The minimum absolute atomic E-state index is 0.153. The Hall–Kier alpha value is -3.02. The van der Waals surface area contributed by atoms with Gasteiger partial charge in [0.15, 0.2) is 0 Å². The van der Waals surface area contributed by atoms with E-state index in [-0.39, 0.29) is 18.0 Å². The van der Waals surface area contributed by atoms with E-state index in [9.17, 15) is 9.59 Å². The van der Waals surface area contributed by atoms with E-state index in [4.69, 9.17) is 4.74 Å². The predicted molar refractivity (Wildman–Crippen MR) is 104 cm³/mol. The molecule has 3 N–H and O–H groups in total. The lowest BCUT2D eigenvalue weighted by Crippen LogP contribution is -2.31. The second-order valence-electron chi connectivity index (χ2n) is 6.28. The number of aryl methyl sites for hydroxylation is 2. The molecular weight excluding hydrogens is 330 g/mol. The molecule has 2 aromatic carbocycles. The molecule has 2 rings (SSSR count). The average molecular weight is 355 g/mol. The molecule has 6 heteroatoms. The Morgan fingerprint density at radius 3 is 2.42 bits per heavy atom. The van der Waals surface area contributed by atoms with Crippen molar-refractivity contribution in [1.29, 1.82) is 0 Å². The minimum Gasteiger partial charge on any atom is -0.495 e. The minimum atomic E-state index is -0.350. The van der Waals surface area contributed by atoms with Gasteiger partial charge in [0.1, 0.15) is 5.75 Å². The number of carbonyl (C=O) groups excluding carboxylic acids is 2. The molecule has 1 unspecified atom stereocenters. The van der Waals surface area contributed by atoms with Gasteiger partial charge in [-0.15, -0.1) is 0 Å². The molecule has 2 aromatic rings. The van der Waals surface area contributed by atoms with Crippen LogP contribution in [0.25, 0.3) is 0 Å². The molecule has 3 amide bonds. The molecule has 0 aromatic heterocycles. The maximum atomic E-state index is 12.4. The van der Waals surface area contributed by atoms with Crippen LogP contribution in [0.2, 0.25) is 0 Å². The van der Waals surface area contributed by atoms with Crippen molar-refractivity contribution >= 4 is 23.3 Å². The number of rotatable bonds is 5. The van der Waals surface area contributed by atoms with Gasteiger partial charge in [-0.05, 0) is 50.1 Å². The number of methoxy groups -OCH3 is 1. The Labute approximate surface area is 153 Å². The molecule has 0 fully saturated rings. The zero-order chi connectivity index (χ0) is 19.3. The van der Waals surface area contributed by atoms with E-state index in [2.05, 4.69) is 22.0 Å². The molecule has 0 saturated carbocycles. The summed E-state index contributed by atoms with van der Waals surface area (Å²) in [5, 5.41) is 8.40. The van der Waals surface area contributed by atoms with Gasteiger partial charge in [0, 0.05) is 12.6 Å². The van der Waals surface area contributed by atoms with Crippen LogP contribution in [-0.4, -0.2) is 19.0 Å². The number of anilines is 2. The van der Waals surface area contributed by atoms with Crippen LogP contribution in [0, 0.1) is 13.8 Å². The van der Waals surface area contributed by atoms with Crippen molar-refractivity contribution in [1.82, 2.24) is 5.32 Å². The fraction of sp³-hybridized carbons (Fsp3) is 0.300. The molecule has 0 aliphatic heterocycles. The smallest absolute Gasteiger partial charge is 0.319 e. The van der Waals surface area contributed by atoms with Crippen molar-refractivity contribution in [2.45, 2.75) is 33.7 Å². The van der Waals surface area contributed by atoms with E-state index in [1.165, 1.54) is 14.0 Å². The predicted octanol–water partition coefficient (Wildman–Crippen LogP) is 4.15. The fourth-order valence-electron chi connectivity index (χ4n) is 2.75. The number of ether oxygens (including phenoxy) is 1. The first kappa shape index (κ1) is 19.3. The SMILES string of the molecule is COc1ccc(NC(C)=O)cc1NC(=O)NC(C)c1cc(C)ccc1C. The summed E-state index contributed by atoms with van der Waals surface area (Å²) in [6.07, 6.45) is 0. The summed E-state index contributed by atoms with van der Waals surface area (Å²) in [7, 11) is 1.52. The van der Waals surface area contributed by atoms with Gasteiger partial charge < -0.3 is 20.7 Å². The van der Waals surface area contributed by atoms with E-state index in [0.29, 0.717) is 17.1 Å². The van der Waals surface area contributed by atoms with Crippen molar-refractivity contribution in [3.63, 3.8) is 0 Å². The maximum Gasteiger partial charge on any atom is 0.319 e. The highest BCUT2D eigenvalue weighted by Gasteiger charge is 2.14. The molecule has 0 heterocycles. The number of carbonyl (C=O) groups is 2. The third-order valence-electron chi connectivity index (χ3n) is 4.02. The monoisotopic (exact) mass is 355 g/mol. The largest absolute Gasteiger partial charge is 0.495 e. The highest BCUT2D eigenvalue weighted by molar-refractivity contribution is 5.94. The van der Waals surface area contributed by atoms with Crippen LogP contribution in [0.4, 0.5) is 16.2 Å². The van der Waals surface area contributed by atoms with Crippen molar-refractivity contribution < 1.29 is 14.3 Å². The van der Waals surface area contributed by atoms with E-state index < -0.39 is 0 Å². The van der Waals surface area contributed by atoms with Gasteiger partial charge in [0.05, 0.1) is 18.8 Å². The Morgan fingerprint density at radius 2 is 1.77 bits per heavy atom. The topological polar surface area (TPSA) is 79.5 Å². The lowest BCUT2D eigenvalue weighted by molar-refractivity contribution is -0.114. The fourth-order valence-corrected chi connectivity index (χ4v) is 2.75. The second kappa shape index (κ2) is 8.38. The summed E-state index contributed by atoms with van der Waals surface area (Å²) >= 11 is 0. The average Bonchev–Trinajstić information content (AvgIpc) is 2.56. The standard InChI is InChI=1S/C20H25N3O3/c1-12-6-7-13(2)17(10-12)14(3)21-20(25)23-18-11-16(22-15(4)24)8-9-19(18)26-5/h6-11,14H,1-5H3,(H,22,24)(H2,21,23,25). The van der Waals surface area contributed by atoms with Crippen LogP contribution in [0.3, 0.4) is 0 Å². The maximum absolute atomic E-state index is 12.4. The summed E-state index contributed by atoms with van der Waals surface area (Å²) in [5.74, 6) is 0.322. The Kier molecular flexibility index (Phi) is 6.22. The van der Waals surface area contributed by atoms with Gasteiger partial charge in [-0.3, -0.25) is 4.79 Å². The summed E-state index contributed by atoms with van der Waals surface area (Å²) in [5.41, 5.74) is 4.39. The molecule has 138 valence electrons.